The van der Waals surface area contributed by atoms with E-state index in [9.17, 15) is 0 Å². The van der Waals surface area contributed by atoms with Crippen LogP contribution in [0.5, 0.6) is 5.88 Å². The molecule has 0 bridgehead atoms. The molecule has 0 amide bonds. The molecule has 0 aromatic carbocycles. The second-order valence-corrected chi connectivity index (χ2v) is 4.98. The Morgan fingerprint density at radius 3 is 3.00 bits per heavy atom. The Morgan fingerprint density at radius 1 is 1.57 bits per heavy atom. The largest absolute Gasteiger partial charge is 0.468 e. The highest BCUT2D eigenvalue weighted by atomic mass is 79.9. The van der Waals surface area contributed by atoms with E-state index in [0.717, 1.165) is 22.3 Å². The predicted octanol–water partition coefficient (Wildman–Crippen LogP) is 2.74. The fourth-order valence-corrected chi connectivity index (χ4v) is 1.74. The third-order valence-corrected chi connectivity index (χ3v) is 3.11. The molecule has 0 unspecified atom stereocenters. The summed E-state index contributed by atoms with van der Waals surface area (Å²) in [6, 6.07) is 0. The van der Waals surface area contributed by atoms with Crippen LogP contribution in [-0.2, 0) is 0 Å². The molecule has 2 rings (SSSR count). The van der Waals surface area contributed by atoms with E-state index >= 15 is 0 Å². The van der Waals surface area contributed by atoms with Crippen molar-refractivity contribution in [1.29, 1.82) is 0 Å². The minimum absolute atomic E-state index is 0.180. The topological polar surface area (TPSA) is 34.2 Å². The van der Waals surface area contributed by atoms with Crippen LogP contribution in [-0.4, -0.2) is 17.1 Å². The molecule has 4 heteroatoms. The lowest BCUT2D eigenvalue weighted by Gasteiger charge is -2.33. The maximum atomic E-state index is 5.76. The molecule has 1 N–H and O–H groups in total. The first-order chi connectivity index (χ1) is 6.49. The van der Waals surface area contributed by atoms with Gasteiger partial charge in [0.25, 0.3) is 0 Å². The monoisotopic (exact) mass is 256 g/mol. The Bertz CT molecular complexity index is 377. The van der Waals surface area contributed by atoms with Crippen molar-refractivity contribution < 1.29 is 4.74 Å². The van der Waals surface area contributed by atoms with Gasteiger partial charge in [0.1, 0.15) is 11.3 Å². The molecule has 0 spiro atoms. The summed E-state index contributed by atoms with van der Waals surface area (Å²) in [7, 11) is 0. The molecule has 0 radical (unpaired) electrons. The lowest BCUT2D eigenvalue weighted by molar-refractivity contribution is 0.109. The molecule has 0 fully saturated rings. The van der Waals surface area contributed by atoms with Gasteiger partial charge in [-0.25, -0.2) is 4.98 Å². The van der Waals surface area contributed by atoms with Crippen LogP contribution in [0, 0.1) is 6.92 Å². The maximum absolute atomic E-state index is 5.76. The molecular weight excluding hydrogens is 244 g/mol. The molecule has 76 valence electrons. The van der Waals surface area contributed by atoms with Crippen molar-refractivity contribution in [3.05, 3.63) is 16.2 Å². The van der Waals surface area contributed by atoms with E-state index in [1.165, 1.54) is 0 Å². The highest BCUT2D eigenvalue weighted by Gasteiger charge is 2.28. The summed E-state index contributed by atoms with van der Waals surface area (Å²) in [6.07, 6.45) is 1.78. The van der Waals surface area contributed by atoms with Crippen molar-refractivity contribution in [2.24, 2.45) is 0 Å². The number of halogens is 1. The van der Waals surface area contributed by atoms with Gasteiger partial charge >= 0.3 is 0 Å². The number of anilines is 1. The second kappa shape index (κ2) is 3.12. The van der Waals surface area contributed by atoms with Crippen LogP contribution < -0.4 is 10.1 Å². The zero-order valence-corrected chi connectivity index (χ0v) is 10.1. The summed E-state index contributed by atoms with van der Waals surface area (Å²) in [5.41, 5.74) is 1.96. The van der Waals surface area contributed by atoms with Gasteiger partial charge in [-0.15, -0.1) is 0 Å². The van der Waals surface area contributed by atoms with E-state index in [4.69, 9.17) is 4.74 Å². The van der Waals surface area contributed by atoms with Crippen LogP contribution in [0.4, 0.5) is 5.69 Å². The van der Waals surface area contributed by atoms with Crippen LogP contribution in [0.3, 0.4) is 0 Å². The average molecular weight is 257 g/mol. The van der Waals surface area contributed by atoms with E-state index < -0.39 is 0 Å². The average Bonchev–Trinajstić information content (AvgIpc) is 2.10. The highest BCUT2D eigenvalue weighted by molar-refractivity contribution is 9.10. The minimum Gasteiger partial charge on any atom is -0.468 e. The number of fused-ring (bicyclic) bond motifs is 1. The normalized spacial score (nSPS) is 18.0. The summed E-state index contributed by atoms with van der Waals surface area (Å²) in [5, 5.41) is 3.34. The Hall–Kier alpha value is -0.770. The van der Waals surface area contributed by atoms with E-state index in [1.54, 1.807) is 6.20 Å². The summed E-state index contributed by atoms with van der Waals surface area (Å²) in [4.78, 5) is 4.24. The molecule has 1 aromatic heterocycles. The first kappa shape index (κ1) is 9.77. The van der Waals surface area contributed by atoms with Gasteiger partial charge in [-0.2, -0.15) is 0 Å². The van der Waals surface area contributed by atoms with Gasteiger partial charge in [-0.1, -0.05) is 0 Å². The van der Waals surface area contributed by atoms with Crippen molar-refractivity contribution in [3.63, 3.8) is 0 Å². The van der Waals surface area contributed by atoms with E-state index in [-0.39, 0.29) is 5.60 Å². The highest BCUT2D eigenvalue weighted by Crippen LogP contribution is 2.36. The molecule has 1 aromatic rings. The molecule has 14 heavy (non-hydrogen) atoms. The molecule has 0 atom stereocenters. The van der Waals surface area contributed by atoms with Gasteiger partial charge in [0.05, 0.1) is 6.54 Å². The van der Waals surface area contributed by atoms with E-state index in [2.05, 4.69) is 26.2 Å². The number of hydrogen-bond acceptors (Lipinski definition) is 3. The first-order valence-electron chi connectivity index (χ1n) is 4.57. The summed E-state index contributed by atoms with van der Waals surface area (Å²) >= 11 is 3.44. The van der Waals surface area contributed by atoms with Gasteiger partial charge in [-0.3, -0.25) is 0 Å². The molecule has 1 aliphatic heterocycles. The summed E-state index contributed by atoms with van der Waals surface area (Å²) in [5.74, 6) is 0.696. The van der Waals surface area contributed by atoms with Crippen molar-refractivity contribution in [2.75, 3.05) is 11.9 Å². The fourth-order valence-electron chi connectivity index (χ4n) is 1.44. The van der Waals surface area contributed by atoms with Gasteiger partial charge < -0.3 is 10.1 Å². The maximum Gasteiger partial charge on any atom is 0.238 e. The van der Waals surface area contributed by atoms with Gasteiger partial charge in [0, 0.05) is 10.7 Å². The SMILES string of the molecule is Cc1c(Br)cnc2c1NCC(C)(C)O2. The number of nitrogens with zero attached hydrogens (tertiary/aromatic N) is 1. The number of nitrogens with one attached hydrogen (secondary N) is 1. The zero-order valence-electron chi connectivity index (χ0n) is 8.52. The van der Waals surface area contributed by atoms with Crippen molar-refractivity contribution >= 4 is 21.6 Å². The molecule has 0 aliphatic carbocycles. The van der Waals surface area contributed by atoms with Crippen molar-refractivity contribution in [3.8, 4) is 5.88 Å². The molecule has 0 saturated heterocycles. The molecule has 3 nitrogen and oxygen atoms in total. The zero-order chi connectivity index (χ0) is 10.3. The molecule has 2 heterocycles. The second-order valence-electron chi connectivity index (χ2n) is 4.13. The Morgan fingerprint density at radius 2 is 2.29 bits per heavy atom. The van der Waals surface area contributed by atoms with Gasteiger partial charge in [0.2, 0.25) is 5.88 Å². The van der Waals surface area contributed by atoms with Crippen LogP contribution in [0.2, 0.25) is 0 Å². The van der Waals surface area contributed by atoms with E-state index in [0.29, 0.717) is 5.88 Å². The Kier molecular flexibility index (Phi) is 2.18. The Balaban J connectivity index is 2.46. The van der Waals surface area contributed by atoms with Crippen LogP contribution in [0.1, 0.15) is 19.4 Å². The molecule has 1 aliphatic rings. The number of rotatable bonds is 0. The minimum atomic E-state index is -0.180. The smallest absolute Gasteiger partial charge is 0.238 e. The van der Waals surface area contributed by atoms with E-state index in [1.807, 2.05) is 20.8 Å². The number of ether oxygens (including phenoxy) is 1. The third-order valence-electron chi connectivity index (χ3n) is 2.31. The first-order valence-corrected chi connectivity index (χ1v) is 5.37. The number of hydrogen-bond donors (Lipinski definition) is 1. The van der Waals surface area contributed by atoms with Crippen molar-refractivity contribution in [1.82, 2.24) is 4.98 Å². The quantitative estimate of drug-likeness (QED) is 0.775. The Labute approximate surface area is 92.0 Å². The predicted molar refractivity (Wildman–Crippen MR) is 59.9 cm³/mol. The van der Waals surface area contributed by atoms with Gasteiger partial charge in [-0.05, 0) is 42.3 Å². The summed E-state index contributed by atoms with van der Waals surface area (Å²) in [6.45, 7) is 6.93. The van der Waals surface area contributed by atoms with Crippen LogP contribution in [0.25, 0.3) is 0 Å². The lowest BCUT2D eigenvalue weighted by atomic mass is 10.1. The third kappa shape index (κ3) is 1.59. The standard InChI is InChI=1S/C10H13BrN2O/c1-6-7(11)4-12-9-8(6)13-5-10(2,3)14-9/h4,13H,5H2,1-3H3. The molecular formula is C10H13BrN2O. The van der Waals surface area contributed by atoms with Crippen LogP contribution >= 0.6 is 15.9 Å². The lowest BCUT2D eigenvalue weighted by Crippen LogP contribution is -2.40. The number of aromatic nitrogens is 1. The fraction of sp³-hybridized carbons (Fsp3) is 0.500. The summed E-state index contributed by atoms with van der Waals surface area (Å²) < 4.78 is 6.77. The number of pyridine rings is 1. The molecule has 0 saturated carbocycles. The van der Waals surface area contributed by atoms with Crippen LogP contribution in [0.15, 0.2) is 10.7 Å². The van der Waals surface area contributed by atoms with Gasteiger partial charge in [0.15, 0.2) is 0 Å². The van der Waals surface area contributed by atoms with Crippen molar-refractivity contribution in [2.45, 2.75) is 26.4 Å².